The monoisotopic (exact) mass is 436 g/mol. The van der Waals surface area contributed by atoms with Crippen molar-refractivity contribution in [2.45, 2.75) is 56.3 Å². The minimum absolute atomic E-state index is 0.112. The molecule has 4 rings (SSSR count). The van der Waals surface area contributed by atoms with Crippen LogP contribution in [0.4, 0.5) is 5.82 Å². The van der Waals surface area contributed by atoms with E-state index in [1.807, 2.05) is 0 Å². The molecule has 0 aromatic carbocycles. The number of carbonyl (C=O) groups is 1. The lowest BCUT2D eigenvalue weighted by Gasteiger charge is -2.17. The van der Waals surface area contributed by atoms with E-state index in [0.29, 0.717) is 56.1 Å². The Labute approximate surface area is 178 Å². The second kappa shape index (κ2) is 9.83. The Hall–Kier alpha value is -2.38. The van der Waals surface area contributed by atoms with Crippen LogP contribution in [0.15, 0.2) is 12.7 Å². The van der Waals surface area contributed by atoms with Gasteiger partial charge in [0.05, 0.1) is 25.6 Å². The van der Waals surface area contributed by atoms with Gasteiger partial charge in [0, 0.05) is 19.6 Å². The first-order valence-corrected chi connectivity index (χ1v) is 10.4. The fourth-order valence-electron chi connectivity index (χ4n) is 3.78. The number of imidazole rings is 1. The van der Waals surface area contributed by atoms with Crippen LogP contribution in [0.25, 0.3) is 11.2 Å². The summed E-state index contributed by atoms with van der Waals surface area (Å²) in [6, 6.07) is 0.155. The zero-order chi connectivity index (χ0) is 21.8. The quantitative estimate of drug-likeness (QED) is 0.350. The minimum Gasteiger partial charge on any atom is -0.387 e. The van der Waals surface area contributed by atoms with Crippen molar-refractivity contribution in [1.82, 2.24) is 19.5 Å². The predicted molar refractivity (Wildman–Crippen MR) is 108 cm³/mol. The van der Waals surface area contributed by atoms with Gasteiger partial charge in [0.25, 0.3) is 0 Å². The van der Waals surface area contributed by atoms with Crippen molar-refractivity contribution in [3.63, 3.8) is 0 Å². The molecular formula is C19H28N6O6. The summed E-state index contributed by atoms with van der Waals surface area (Å²) in [5.41, 5.74) is 6.14. The van der Waals surface area contributed by atoms with Gasteiger partial charge in [-0.2, -0.15) is 0 Å². The van der Waals surface area contributed by atoms with Crippen molar-refractivity contribution in [1.29, 1.82) is 0 Å². The summed E-state index contributed by atoms with van der Waals surface area (Å²) in [6.45, 7) is 1.82. The number of anilines is 1. The Bertz CT molecular complexity index is 888. The number of amides is 1. The maximum Gasteiger partial charge on any atom is 0.217 e. The summed E-state index contributed by atoms with van der Waals surface area (Å²) in [6.07, 6.45) is 1.58. The summed E-state index contributed by atoms with van der Waals surface area (Å²) in [7, 11) is 0. The van der Waals surface area contributed by atoms with Crippen molar-refractivity contribution in [3.05, 3.63) is 12.7 Å². The molecule has 2 aromatic heterocycles. The topological polar surface area (TPSA) is 167 Å². The van der Waals surface area contributed by atoms with Crippen LogP contribution in [0.1, 0.15) is 31.9 Å². The molecule has 0 saturated carbocycles. The zero-order valence-electron chi connectivity index (χ0n) is 17.1. The molecule has 0 radical (unpaired) electrons. The Morgan fingerprint density at radius 1 is 1.29 bits per heavy atom. The summed E-state index contributed by atoms with van der Waals surface area (Å²) in [5.74, 6) is 0.245. The smallest absolute Gasteiger partial charge is 0.217 e. The highest BCUT2D eigenvalue weighted by atomic mass is 16.6. The lowest BCUT2D eigenvalue weighted by Crippen LogP contribution is -2.34. The molecule has 0 bridgehead atoms. The van der Waals surface area contributed by atoms with Gasteiger partial charge >= 0.3 is 0 Å². The van der Waals surface area contributed by atoms with E-state index in [-0.39, 0.29) is 18.6 Å². The number of nitrogens with two attached hydrogens (primary N) is 1. The van der Waals surface area contributed by atoms with Crippen molar-refractivity contribution < 1.29 is 29.2 Å². The molecule has 5 N–H and O–H groups in total. The first-order valence-electron chi connectivity index (χ1n) is 10.4. The van der Waals surface area contributed by atoms with Crippen molar-refractivity contribution >= 4 is 22.9 Å². The molecule has 2 aliphatic rings. The molecule has 12 heteroatoms. The van der Waals surface area contributed by atoms with Crippen molar-refractivity contribution in [2.24, 2.45) is 5.73 Å². The van der Waals surface area contributed by atoms with E-state index in [0.717, 1.165) is 6.42 Å². The molecule has 2 fully saturated rings. The van der Waals surface area contributed by atoms with Crippen LogP contribution in [0, 0.1) is 0 Å². The van der Waals surface area contributed by atoms with Gasteiger partial charge in [0.15, 0.2) is 23.2 Å². The number of hydrogen-bond donors (Lipinski definition) is 4. The number of aliphatic hydroxyl groups excluding tert-OH is 2. The van der Waals surface area contributed by atoms with Crippen molar-refractivity contribution in [2.75, 3.05) is 31.7 Å². The van der Waals surface area contributed by atoms with Crippen molar-refractivity contribution in [3.8, 4) is 0 Å². The van der Waals surface area contributed by atoms with E-state index >= 15 is 0 Å². The summed E-state index contributed by atoms with van der Waals surface area (Å²) >= 11 is 0. The third-order valence-corrected chi connectivity index (χ3v) is 5.48. The molecule has 5 atom stereocenters. The second-order valence-electron chi connectivity index (χ2n) is 7.80. The SMILES string of the molecule is NC(=O)CCCCOC[C@H]1O[C@@H](n2cnc3c(N[C@@H]4CCOC4)ncnc32)[C@H](O)[C@H]1O. The van der Waals surface area contributed by atoms with Gasteiger partial charge in [-0.25, -0.2) is 15.0 Å². The van der Waals surface area contributed by atoms with Crippen LogP contribution in [-0.2, 0) is 19.0 Å². The second-order valence-corrected chi connectivity index (χ2v) is 7.80. The first-order chi connectivity index (χ1) is 15.0. The molecule has 0 aliphatic carbocycles. The number of nitrogens with one attached hydrogen (secondary N) is 1. The minimum atomic E-state index is -1.17. The van der Waals surface area contributed by atoms with Crippen LogP contribution < -0.4 is 11.1 Å². The summed E-state index contributed by atoms with van der Waals surface area (Å²) in [5, 5.41) is 24.3. The van der Waals surface area contributed by atoms with E-state index in [1.54, 1.807) is 4.57 Å². The number of hydrogen-bond acceptors (Lipinski definition) is 10. The molecule has 4 heterocycles. The van der Waals surface area contributed by atoms with E-state index in [4.69, 9.17) is 19.9 Å². The number of fused-ring (bicyclic) bond motifs is 1. The third kappa shape index (κ3) is 4.93. The molecule has 2 saturated heterocycles. The maximum atomic E-state index is 10.7. The van der Waals surface area contributed by atoms with E-state index in [1.165, 1.54) is 12.7 Å². The lowest BCUT2D eigenvalue weighted by molar-refractivity contribution is -0.118. The molecule has 12 nitrogen and oxygen atoms in total. The standard InChI is InChI=1S/C19H28N6O6/c20-13(26)3-1-2-5-29-8-12-15(27)16(28)19(31-12)25-10-23-14-17(21-9-22-18(14)25)24-11-4-6-30-7-11/h9-12,15-16,19,27-28H,1-8H2,(H2,20,26)(H,21,22,24)/t11-,12-,15+,16-,19-/m1/s1. The number of aromatic nitrogens is 4. The maximum absolute atomic E-state index is 10.7. The predicted octanol–water partition coefficient (Wildman–Crippen LogP) is -0.681. The Morgan fingerprint density at radius 3 is 2.94 bits per heavy atom. The first kappa shape index (κ1) is 21.8. The number of unbranched alkanes of at least 4 members (excludes halogenated alkanes) is 1. The summed E-state index contributed by atoms with van der Waals surface area (Å²) in [4.78, 5) is 23.7. The highest BCUT2D eigenvalue weighted by molar-refractivity contribution is 5.82. The van der Waals surface area contributed by atoms with Gasteiger partial charge in [-0.3, -0.25) is 9.36 Å². The van der Waals surface area contributed by atoms with Gasteiger partial charge in [0.1, 0.15) is 24.6 Å². The highest BCUT2D eigenvalue weighted by Crippen LogP contribution is 2.32. The molecule has 0 spiro atoms. The molecule has 1 amide bonds. The summed E-state index contributed by atoms with van der Waals surface area (Å²) < 4.78 is 18.4. The van der Waals surface area contributed by atoms with Gasteiger partial charge < -0.3 is 35.5 Å². The highest BCUT2D eigenvalue weighted by Gasteiger charge is 2.44. The van der Waals surface area contributed by atoms with Crippen LogP contribution in [-0.4, -0.2) is 86.4 Å². The fraction of sp³-hybridized carbons (Fsp3) is 0.684. The zero-order valence-corrected chi connectivity index (χ0v) is 17.1. The van der Waals surface area contributed by atoms with Crippen LogP contribution >= 0.6 is 0 Å². The lowest BCUT2D eigenvalue weighted by atomic mass is 10.1. The van der Waals surface area contributed by atoms with Gasteiger partial charge in [-0.05, 0) is 19.3 Å². The van der Waals surface area contributed by atoms with Crippen LogP contribution in [0.3, 0.4) is 0 Å². The van der Waals surface area contributed by atoms with Gasteiger partial charge in [0.2, 0.25) is 5.91 Å². The van der Waals surface area contributed by atoms with E-state index < -0.39 is 24.5 Å². The van der Waals surface area contributed by atoms with E-state index in [2.05, 4.69) is 20.3 Å². The van der Waals surface area contributed by atoms with Crippen LogP contribution in [0.5, 0.6) is 0 Å². The number of nitrogens with zero attached hydrogens (tertiary/aromatic N) is 4. The molecule has 170 valence electrons. The molecule has 2 aromatic rings. The Kier molecular flexibility index (Phi) is 6.92. The number of carbonyl (C=O) groups excluding carboxylic acids is 1. The van der Waals surface area contributed by atoms with Gasteiger partial charge in [-0.1, -0.05) is 0 Å². The normalized spacial score (nSPS) is 28.4. The largest absolute Gasteiger partial charge is 0.387 e. The molecule has 2 aliphatic heterocycles. The fourth-order valence-corrected chi connectivity index (χ4v) is 3.78. The molecular weight excluding hydrogens is 408 g/mol. The number of rotatable bonds is 10. The molecule has 0 unspecified atom stereocenters. The number of primary amides is 1. The number of aliphatic hydroxyl groups is 2. The third-order valence-electron chi connectivity index (χ3n) is 5.48. The average molecular weight is 436 g/mol. The Morgan fingerprint density at radius 2 is 2.16 bits per heavy atom. The average Bonchev–Trinajstić information content (AvgIpc) is 3.47. The number of ether oxygens (including phenoxy) is 3. The molecule has 31 heavy (non-hydrogen) atoms. The van der Waals surface area contributed by atoms with Crippen LogP contribution in [0.2, 0.25) is 0 Å². The van der Waals surface area contributed by atoms with E-state index in [9.17, 15) is 15.0 Å². The Balaban J connectivity index is 1.39. The van der Waals surface area contributed by atoms with Gasteiger partial charge in [-0.15, -0.1) is 0 Å².